The third kappa shape index (κ3) is 4.21. The van der Waals surface area contributed by atoms with Crippen molar-refractivity contribution in [2.75, 3.05) is 5.32 Å². The van der Waals surface area contributed by atoms with Gasteiger partial charge in [-0.3, -0.25) is 9.36 Å². The summed E-state index contributed by atoms with van der Waals surface area (Å²) in [5.41, 5.74) is 1.68. The van der Waals surface area contributed by atoms with Crippen molar-refractivity contribution in [3.63, 3.8) is 0 Å². The lowest BCUT2D eigenvalue weighted by atomic mass is 10.3. The monoisotopic (exact) mass is 372 g/mol. The maximum atomic E-state index is 12.4. The maximum absolute atomic E-state index is 12.4. The Morgan fingerprint density at radius 3 is 2.48 bits per heavy atom. The molecule has 0 aliphatic heterocycles. The van der Waals surface area contributed by atoms with Gasteiger partial charge in [-0.25, -0.2) is 0 Å². The highest BCUT2D eigenvalue weighted by Crippen LogP contribution is 2.26. The van der Waals surface area contributed by atoms with Crippen LogP contribution in [0, 0.1) is 6.92 Å². The second-order valence-electron chi connectivity index (χ2n) is 5.46. The van der Waals surface area contributed by atoms with Gasteiger partial charge in [-0.1, -0.05) is 41.6 Å². The zero-order chi connectivity index (χ0) is 17.8. The number of aryl methyl sites for hydroxylation is 1. The molecule has 2 aromatic carbocycles. The van der Waals surface area contributed by atoms with Crippen LogP contribution in [0.2, 0.25) is 5.02 Å². The molecular formula is C18H17ClN4OS. The highest BCUT2D eigenvalue weighted by molar-refractivity contribution is 8.00. The van der Waals surface area contributed by atoms with Crippen molar-refractivity contribution >= 4 is 35.0 Å². The lowest BCUT2D eigenvalue weighted by Gasteiger charge is -2.13. The summed E-state index contributed by atoms with van der Waals surface area (Å²) in [6.45, 7) is 3.73. The first-order chi connectivity index (χ1) is 12.0. The maximum Gasteiger partial charge on any atom is 0.237 e. The first-order valence-electron chi connectivity index (χ1n) is 7.75. The fraction of sp³-hybridized carbons (Fsp3) is 0.167. The van der Waals surface area contributed by atoms with Crippen LogP contribution in [0.3, 0.4) is 0 Å². The van der Waals surface area contributed by atoms with Gasteiger partial charge in [-0.05, 0) is 50.2 Å². The number of para-hydroxylation sites is 1. The Hall–Kier alpha value is -2.31. The summed E-state index contributed by atoms with van der Waals surface area (Å²) >= 11 is 7.23. The van der Waals surface area contributed by atoms with Crippen LogP contribution in [0.25, 0.3) is 5.69 Å². The minimum absolute atomic E-state index is 0.104. The van der Waals surface area contributed by atoms with Gasteiger partial charge >= 0.3 is 0 Å². The van der Waals surface area contributed by atoms with Crippen molar-refractivity contribution < 1.29 is 4.79 Å². The molecule has 25 heavy (non-hydrogen) atoms. The quantitative estimate of drug-likeness (QED) is 0.676. The number of rotatable bonds is 5. The molecule has 0 saturated carbocycles. The van der Waals surface area contributed by atoms with E-state index in [2.05, 4.69) is 15.5 Å². The number of carbonyl (C=O) groups is 1. The molecule has 1 atom stereocenters. The van der Waals surface area contributed by atoms with Gasteiger partial charge in [0, 0.05) is 16.4 Å². The molecule has 1 aromatic heterocycles. The average molecular weight is 373 g/mol. The molecule has 1 amide bonds. The van der Waals surface area contributed by atoms with Crippen molar-refractivity contribution in [1.29, 1.82) is 0 Å². The van der Waals surface area contributed by atoms with Gasteiger partial charge in [-0.2, -0.15) is 0 Å². The van der Waals surface area contributed by atoms with Gasteiger partial charge in [0.1, 0.15) is 5.82 Å². The number of halogens is 1. The molecular weight excluding hydrogens is 356 g/mol. The van der Waals surface area contributed by atoms with Crippen LogP contribution in [0.1, 0.15) is 12.7 Å². The largest absolute Gasteiger partial charge is 0.325 e. The summed E-state index contributed by atoms with van der Waals surface area (Å²) in [5, 5.41) is 12.2. The number of nitrogens with one attached hydrogen (secondary N) is 1. The van der Waals surface area contributed by atoms with E-state index in [1.807, 2.05) is 48.7 Å². The Morgan fingerprint density at radius 1 is 1.12 bits per heavy atom. The highest BCUT2D eigenvalue weighted by Gasteiger charge is 2.20. The number of carbonyl (C=O) groups excluding carboxylic acids is 1. The van der Waals surface area contributed by atoms with Crippen LogP contribution < -0.4 is 5.32 Å². The zero-order valence-electron chi connectivity index (χ0n) is 13.8. The summed E-state index contributed by atoms with van der Waals surface area (Å²) in [6, 6.07) is 16.9. The number of hydrogen-bond acceptors (Lipinski definition) is 4. The van der Waals surface area contributed by atoms with E-state index in [1.165, 1.54) is 11.8 Å². The molecule has 0 bridgehead atoms. The number of hydrogen-bond donors (Lipinski definition) is 1. The lowest BCUT2D eigenvalue weighted by Crippen LogP contribution is -2.22. The number of thioether (sulfide) groups is 1. The number of benzene rings is 2. The van der Waals surface area contributed by atoms with Crippen LogP contribution in [-0.4, -0.2) is 25.9 Å². The van der Waals surface area contributed by atoms with Crippen LogP contribution in [0.15, 0.2) is 59.8 Å². The molecule has 0 fully saturated rings. The van der Waals surface area contributed by atoms with E-state index in [9.17, 15) is 4.79 Å². The smallest absolute Gasteiger partial charge is 0.237 e. The van der Waals surface area contributed by atoms with Gasteiger partial charge in [0.2, 0.25) is 5.91 Å². The Morgan fingerprint density at radius 2 is 1.80 bits per heavy atom. The summed E-state index contributed by atoms with van der Waals surface area (Å²) in [5.74, 6) is 0.673. The number of anilines is 1. The van der Waals surface area contributed by atoms with E-state index in [4.69, 9.17) is 11.6 Å². The summed E-state index contributed by atoms with van der Waals surface area (Å²) in [6.07, 6.45) is 0. The van der Waals surface area contributed by atoms with E-state index >= 15 is 0 Å². The second-order valence-corrected chi connectivity index (χ2v) is 7.20. The second kappa shape index (κ2) is 7.72. The number of aromatic nitrogens is 3. The third-order valence-corrected chi connectivity index (χ3v) is 4.87. The van der Waals surface area contributed by atoms with E-state index in [1.54, 1.807) is 24.3 Å². The molecule has 3 rings (SSSR count). The first-order valence-corrected chi connectivity index (χ1v) is 9.01. The average Bonchev–Trinajstić information content (AvgIpc) is 2.98. The van der Waals surface area contributed by atoms with Gasteiger partial charge in [0.15, 0.2) is 5.16 Å². The van der Waals surface area contributed by atoms with E-state index in [0.29, 0.717) is 15.9 Å². The van der Waals surface area contributed by atoms with Gasteiger partial charge in [-0.15, -0.1) is 10.2 Å². The molecule has 0 radical (unpaired) electrons. The van der Waals surface area contributed by atoms with Crippen molar-refractivity contribution in [3.05, 3.63) is 65.4 Å². The van der Waals surface area contributed by atoms with Crippen molar-refractivity contribution in [1.82, 2.24) is 14.8 Å². The highest BCUT2D eigenvalue weighted by atomic mass is 35.5. The normalized spacial score (nSPS) is 12.0. The molecule has 0 saturated heterocycles. The van der Waals surface area contributed by atoms with Crippen molar-refractivity contribution in [2.24, 2.45) is 0 Å². The Bertz CT molecular complexity index is 865. The van der Waals surface area contributed by atoms with E-state index < -0.39 is 0 Å². The van der Waals surface area contributed by atoms with Crippen LogP contribution >= 0.6 is 23.4 Å². The standard InChI is InChI=1S/C18H17ClN4OS/c1-12(17(24)20-15-10-8-14(19)9-11-15)25-18-22-21-13(2)23(18)16-6-4-3-5-7-16/h3-12H,1-2H3,(H,20,24). The topological polar surface area (TPSA) is 59.8 Å². The van der Waals surface area contributed by atoms with Gasteiger partial charge < -0.3 is 5.32 Å². The Kier molecular flexibility index (Phi) is 5.40. The molecule has 7 heteroatoms. The Labute approximate surface area is 155 Å². The SMILES string of the molecule is Cc1nnc(SC(C)C(=O)Nc2ccc(Cl)cc2)n1-c1ccccc1. The minimum atomic E-state index is -0.332. The molecule has 1 unspecified atom stereocenters. The molecule has 3 aromatic rings. The molecule has 1 N–H and O–H groups in total. The fourth-order valence-electron chi connectivity index (χ4n) is 2.28. The minimum Gasteiger partial charge on any atom is -0.325 e. The molecule has 128 valence electrons. The predicted octanol–water partition coefficient (Wildman–Crippen LogP) is 4.35. The number of amides is 1. The molecule has 0 spiro atoms. The molecule has 0 aliphatic carbocycles. The third-order valence-electron chi connectivity index (χ3n) is 3.57. The molecule has 0 aliphatic rings. The number of nitrogens with zero attached hydrogens (tertiary/aromatic N) is 3. The first kappa shape index (κ1) is 17.5. The fourth-order valence-corrected chi connectivity index (χ4v) is 3.32. The zero-order valence-corrected chi connectivity index (χ0v) is 15.4. The van der Waals surface area contributed by atoms with Crippen LogP contribution in [-0.2, 0) is 4.79 Å². The summed E-state index contributed by atoms with van der Waals surface area (Å²) in [7, 11) is 0. The van der Waals surface area contributed by atoms with Gasteiger partial charge in [0.05, 0.1) is 5.25 Å². The lowest BCUT2D eigenvalue weighted by molar-refractivity contribution is -0.115. The molecule has 5 nitrogen and oxygen atoms in total. The van der Waals surface area contributed by atoms with Crippen molar-refractivity contribution in [2.45, 2.75) is 24.3 Å². The van der Waals surface area contributed by atoms with Gasteiger partial charge in [0.25, 0.3) is 0 Å². The van der Waals surface area contributed by atoms with Crippen LogP contribution in [0.4, 0.5) is 5.69 Å². The van der Waals surface area contributed by atoms with Crippen molar-refractivity contribution in [3.8, 4) is 5.69 Å². The molecule has 1 heterocycles. The predicted molar refractivity (Wildman–Crippen MR) is 101 cm³/mol. The summed E-state index contributed by atoms with van der Waals surface area (Å²) in [4.78, 5) is 12.4. The van der Waals surface area contributed by atoms with Crippen LogP contribution in [0.5, 0.6) is 0 Å². The summed E-state index contributed by atoms with van der Waals surface area (Å²) < 4.78 is 1.94. The van der Waals surface area contributed by atoms with E-state index in [0.717, 1.165) is 11.5 Å². The van der Waals surface area contributed by atoms with E-state index in [-0.39, 0.29) is 11.2 Å². The Balaban J connectivity index is 1.74.